The van der Waals surface area contributed by atoms with E-state index in [1.165, 1.54) is 30.5 Å². The Hall–Kier alpha value is -1.02. The van der Waals surface area contributed by atoms with Gasteiger partial charge in [-0.25, -0.2) is 0 Å². The van der Waals surface area contributed by atoms with Crippen LogP contribution in [0.5, 0.6) is 0 Å². The van der Waals surface area contributed by atoms with Crippen molar-refractivity contribution in [2.75, 3.05) is 12.4 Å². The monoisotopic (exact) mass is 219 g/mol. The van der Waals surface area contributed by atoms with Crippen molar-refractivity contribution in [2.45, 2.75) is 38.8 Å². The van der Waals surface area contributed by atoms with Crippen LogP contribution in [0.2, 0.25) is 0 Å². The summed E-state index contributed by atoms with van der Waals surface area (Å²) in [5.74, 6) is 0.788. The van der Waals surface area contributed by atoms with Gasteiger partial charge in [-0.2, -0.15) is 0 Å². The number of para-hydroxylation sites is 1. The minimum Gasteiger partial charge on any atom is -0.382 e. The van der Waals surface area contributed by atoms with E-state index < -0.39 is 0 Å². The molecule has 0 spiro atoms. The molecule has 0 bridgehead atoms. The van der Waals surface area contributed by atoms with Crippen molar-refractivity contribution >= 4 is 5.69 Å². The van der Waals surface area contributed by atoms with Gasteiger partial charge in [0.15, 0.2) is 0 Å². The summed E-state index contributed by atoms with van der Waals surface area (Å²) < 4.78 is 5.22. The van der Waals surface area contributed by atoms with E-state index in [1.54, 1.807) is 7.11 Å². The number of methoxy groups -OCH3 is 1. The topological polar surface area (TPSA) is 21.3 Å². The van der Waals surface area contributed by atoms with E-state index in [4.69, 9.17) is 4.74 Å². The van der Waals surface area contributed by atoms with Gasteiger partial charge < -0.3 is 10.1 Å². The summed E-state index contributed by atoms with van der Waals surface area (Å²) in [7, 11) is 1.75. The first kappa shape index (κ1) is 11.5. The Kier molecular flexibility index (Phi) is 3.83. The molecule has 16 heavy (non-hydrogen) atoms. The fraction of sp³-hybridized carbons (Fsp3) is 0.571. The first-order valence-corrected chi connectivity index (χ1v) is 6.14. The summed E-state index contributed by atoms with van der Waals surface area (Å²) in [4.78, 5) is 0. The van der Waals surface area contributed by atoms with E-state index in [2.05, 4.69) is 36.5 Å². The number of benzene rings is 1. The highest BCUT2D eigenvalue weighted by atomic mass is 16.5. The number of hydrogen-bond acceptors (Lipinski definition) is 2. The van der Waals surface area contributed by atoms with Gasteiger partial charge in [-0.15, -0.1) is 0 Å². The number of ether oxygens (including phenoxy) is 1. The molecule has 1 fully saturated rings. The molecule has 0 aromatic heterocycles. The largest absolute Gasteiger partial charge is 0.382 e. The average molecular weight is 219 g/mol. The molecule has 0 heterocycles. The van der Waals surface area contributed by atoms with E-state index >= 15 is 0 Å². The molecule has 1 N–H and O–H groups in total. The zero-order chi connectivity index (χ0) is 11.4. The lowest BCUT2D eigenvalue weighted by molar-refractivity contribution is 0.185. The summed E-state index contributed by atoms with van der Waals surface area (Å²) in [5, 5.41) is 3.66. The minimum absolute atomic E-state index is 0.637. The van der Waals surface area contributed by atoms with Crippen molar-refractivity contribution in [3.05, 3.63) is 29.8 Å². The van der Waals surface area contributed by atoms with Crippen molar-refractivity contribution < 1.29 is 4.74 Å². The van der Waals surface area contributed by atoms with Crippen molar-refractivity contribution in [3.63, 3.8) is 0 Å². The molecule has 1 aliphatic carbocycles. The molecule has 2 nitrogen and oxygen atoms in total. The van der Waals surface area contributed by atoms with Crippen LogP contribution in [-0.4, -0.2) is 13.2 Å². The Morgan fingerprint density at radius 1 is 1.31 bits per heavy atom. The highest BCUT2D eigenvalue weighted by Gasteiger charge is 2.23. The van der Waals surface area contributed by atoms with Crippen LogP contribution in [0.25, 0.3) is 0 Å². The minimum atomic E-state index is 0.637. The lowest BCUT2D eigenvalue weighted by atomic mass is 10.1. The molecule has 1 saturated carbocycles. The molecule has 2 unspecified atom stereocenters. The Morgan fingerprint density at radius 2 is 2.12 bits per heavy atom. The normalized spacial score (nSPS) is 24.6. The van der Waals surface area contributed by atoms with Crippen LogP contribution in [0.1, 0.15) is 31.7 Å². The standard InChI is InChI=1S/C14H21NO/c1-11-6-5-9-13(11)15-14-8-4-3-7-12(14)10-16-2/h3-4,7-8,11,13,15H,5-6,9-10H2,1-2H3. The van der Waals surface area contributed by atoms with Crippen LogP contribution in [0.4, 0.5) is 5.69 Å². The van der Waals surface area contributed by atoms with Gasteiger partial charge in [0.2, 0.25) is 0 Å². The maximum Gasteiger partial charge on any atom is 0.0733 e. The lowest BCUT2D eigenvalue weighted by Crippen LogP contribution is -2.22. The van der Waals surface area contributed by atoms with E-state index in [9.17, 15) is 0 Å². The first-order chi connectivity index (χ1) is 7.81. The Bertz CT molecular complexity index is 337. The average Bonchev–Trinajstić information content (AvgIpc) is 2.68. The SMILES string of the molecule is COCc1ccccc1NC1CCCC1C. The van der Waals surface area contributed by atoms with Crippen molar-refractivity contribution in [1.29, 1.82) is 0 Å². The number of anilines is 1. The van der Waals surface area contributed by atoms with Gasteiger partial charge in [0.05, 0.1) is 6.61 Å². The van der Waals surface area contributed by atoms with Gasteiger partial charge in [-0.05, 0) is 24.8 Å². The summed E-state index contributed by atoms with van der Waals surface area (Å²) in [6, 6.07) is 9.07. The molecular weight excluding hydrogens is 198 g/mol. The van der Waals surface area contributed by atoms with E-state index in [0.29, 0.717) is 12.6 Å². The predicted molar refractivity (Wildman–Crippen MR) is 67.6 cm³/mol. The van der Waals surface area contributed by atoms with Crippen molar-refractivity contribution in [3.8, 4) is 0 Å². The number of rotatable bonds is 4. The van der Waals surface area contributed by atoms with Gasteiger partial charge in [0, 0.05) is 24.4 Å². The Morgan fingerprint density at radius 3 is 2.81 bits per heavy atom. The maximum absolute atomic E-state index is 5.22. The van der Waals surface area contributed by atoms with Crippen molar-refractivity contribution in [2.24, 2.45) is 5.92 Å². The van der Waals surface area contributed by atoms with Gasteiger partial charge in [0.1, 0.15) is 0 Å². The summed E-state index contributed by atoms with van der Waals surface area (Å²) in [6.45, 7) is 3.02. The zero-order valence-electron chi connectivity index (χ0n) is 10.2. The van der Waals surface area contributed by atoms with Crippen LogP contribution in [-0.2, 0) is 11.3 Å². The maximum atomic E-state index is 5.22. The Balaban J connectivity index is 2.07. The molecule has 88 valence electrons. The lowest BCUT2D eigenvalue weighted by Gasteiger charge is -2.20. The molecule has 1 aromatic carbocycles. The smallest absolute Gasteiger partial charge is 0.0733 e. The second kappa shape index (κ2) is 5.35. The third kappa shape index (κ3) is 2.56. The second-order valence-corrected chi connectivity index (χ2v) is 4.75. The summed E-state index contributed by atoms with van der Waals surface area (Å²) in [6.07, 6.45) is 4.00. The van der Waals surface area contributed by atoms with Gasteiger partial charge >= 0.3 is 0 Å². The molecule has 0 aliphatic heterocycles. The van der Waals surface area contributed by atoms with Gasteiger partial charge in [-0.1, -0.05) is 31.5 Å². The highest BCUT2D eigenvalue weighted by Crippen LogP contribution is 2.29. The molecule has 2 heteroatoms. The van der Waals surface area contributed by atoms with Crippen LogP contribution in [0, 0.1) is 5.92 Å². The molecule has 1 aromatic rings. The fourth-order valence-electron chi connectivity index (χ4n) is 2.50. The van der Waals surface area contributed by atoms with Crippen LogP contribution >= 0.6 is 0 Å². The predicted octanol–water partition coefficient (Wildman–Crippen LogP) is 3.43. The fourth-order valence-corrected chi connectivity index (χ4v) is 2.50. The molecular formula is C14H21NO. The molecule has 0 saturated heterocycles. The Labute approximate surface area is 98.0 Å². The third-order valence-corrected chi connectivity index (χ3v) is 3.52. The van der Waals surface area contributed by atoms with Gasteiger partial charge in [0.25, 0.3) is 0 Å². The molecule has 0 amide bonds. The van der Waals surface area contributed by atoms with Crippen LogP contribution in [0.15, 0.2) is 24.3 Å². The van der Waals surface area contributed by atoms with E-state index in [-0.39, 0.29) is 0 Å². The first-order valence-electron chi connectivity index (χ1n) is 6.14. The summed E-state index contributed by atoms with van der Waals surface area (Å²) in [5.41, 5.74) is 2.49. The van der Waals surface area contributed by atoms with Crippen LogP contribution in [0.3, 0.4) is 0 Å². The number of nitrogens with one attached hydrogen (secondary N) is 1. The van der Waals surface area contributed by atoms with Crippen molar-refractivity contribution in [1.82, 2.24) is 0 Å². The van der Waals surface area contributed by atoms with Gasteiger partial charge in [-0.3, -0.25) is 0 Å². The quantitative estimate of drug-likeness (QED) is 0.837. The third-order valence-electron chi connectivity index (χ3n) is 3.52. The van der Waals surface area contributed by atoms with E-state index in [1.807, 2.05) is 0 Å². The second-order valence-electron chi connectivity index (χ2n) is 4.75. The van der Waals surface area contributed by atoms with E-state index in [0.717, 1.165) is 5.92 Å². The molecule has 0 radical (unpaired) electrons. The highest BCUT2D eigenvalue weighted by molar-refractivity contribution is 5.51. The molecule has 1 aliphatic rings. The zero-order valence-corrected chi connectivity index (χ0v) is 10.2. The molecule has 2 atom stereocenters. The summed E-state index contributed by atoms with van der Waals surface area (Å²) >= 11 is 0. The van der Waals surface area contributed by atoms with Crippen LogP contribution < -0.4 is 5.32 Å². The number of hydrogen-bond donors (Lipinski definition) is 1. The molecule has 2 rings (SSSR count).